The standard InChI is InChI=1S/C17H21N3O/c1-13(2)19-17(21)16-10-9-15(11-18-16)20(3)12-14-7-5-4-6-8-14/h4-11,13H,12H2,1-3H3,(H,19,21). The number of pyridine rings is 1. The molecule has 4 nitrogen and oxygen atoms in total. The van der Waals surface area contributed by atoms with Gasteiger partial charge in [0.25, 0.3) is 5.91 Å². The highest BCUT2D eigenvalue weighted by molar-refractivity contribution is 5.92. The Hall–Kier alpha value is -2.36. The van der Waals surface area contributed by atoms with E-state index in [9.17, 15) is 4.79 Å². The van der Waals surface area contributed by atoms with E-state index < -0.39 is 0 Å². The van der Waals surface area contributed by atoms with Crippen molar-refractivity contribution in [3.8, 4) is 0 Å². The molecule has 0 aliphatic heterocycles. The first-order valence-corrected chi connectivity index (χ1v) is 7.08. The van der Waals surface area contributed by atoms with Crippen molar-refractivity contribution >= 4 is 11.6 Å². The van der Waals surface area contributed by atoms with Gasteiger partial charge in [-0.15, -0.1) is 0 Å². The van der Waals surface area contributed by atoms with Crippen LogP contribution in [0.15, 0.2) is 48.7 Å². The Kier molecular flexibility index (Phi) is 4.93. The van der Waals surface area contributed by atoms with Crippen LogP contribution in [0.1, 0.15) is 29.9 Å². The molecule has 0 aliphatic rings. The zero-order chi connectivity index (χ0) is 15.2. The second-order valence-electron chi connectivity index (χ2n) is 5.37. The Morgan fingerprint density at radius 2 is 1.90 bits per heavy atom. The molecule has 0 radical (unpaired) electrons. The third kappa shape index (κ3) is 4.31. The minimum absolute atomic E-state index is 0.111. The van der Waals surface area contributed by atoms with Gasteiger partial charge in [0.2, 0.25) is 0 Å². The van der Waals surface area contributed by atoms with Crippen LogP contribution in [-0.4, -0.2) is 24.0 Å². The molecule has 0 unspecified atom stereocenters. The SMILES string of the molecule is CC(C)NC(=O)c1ccc(N(C)Cc2ccccc2)cn1. The van der Waals surface area contributed by atoms with Crippen LogP contribution in [0.25, 0.3) is 0 Å². The third-order valence-electron chi connectivity index (χ3n) is 3.10. The molecule has 0 saturated heterocycles. The minimum atomic E-state index is -0.137. The van der Waals surface area contributed by atoms with Crippen molar-refractivity contribution in [2.24, 2.45) is 0 Å². The summed E-state index contributed by atoms with van der Waals surface area (Å²) in [5.41, 5.74) is 2.67. The lowest BCUT2D eigenvalue weighted by Crippen LogP contribution is -2.30. The van der Waals surface area contributed by atoms with Crippen LogP contribution < -0.4 is 10.2 Å². The second kappa shape index (κ2) is 6.88. The zero-order valence-electron chi connectivity index (χ0n) is 12.7. The lowest BCUT2D eigenvalue weighted by molar-refractivity contribution is 0.0938. The van der Waals surface area contributed by atoms with E-state index in [1.54, 1.807) is 12.3 Å². The number of carbonyl (C=O) groups excluding carboxylic acids is 1. The van der Waals surface area contributed by atoms with Crippen LogP contribution in [-0.2, 0) is 6.54 Å². The molecule has 1 heterocycles. The van der Waals surface area contributed by atoms with Crippen molar-refractivity contribution in [1.82, 2.24) is 10.3 Å². The number of anilines is 1. The van der Waals surface area contributed by atoms with Gasteiger partial charge in [0.15, 0.2) is 0 Å². The summed E-state index contributed by atoms with van der Waals surface area (Å²) in [4.78, 5) is 18.2. The number of hydrogen-bond donors (Lipinski definition) is 1. The molecule has 1 aromatic heterocycles. The number of rotatable bonds is 5. The largest absolute Gasteiger partial charge is 0.369 e. The third-order valence-corrected chi connectivity index (χ3v) is 3.10. The molecule has 1 N–H and O–H groups in total. The minimum Gasteiger partial charge on any atom is -0.369 e. The zero-order valence-corrected chi connectivity index (χ0v) is 12.7. The Labute approximate surface area is 125 Å². The van der Waals surface area contributed by atoms with Crippen molar-refractivity contribution in [2.75, 3.05) is 11.9 Å². The number of carbonyl (C=O) groups is 1. The van der Waals surface area contributed by atoms with E-state index in [4.69, 9.17) is 0 Å². The van der Waals surface area contributed by atoms with Crippen molar-refractivity contribution in [1.29, 1.82) is 0 Å². The van der Waals surface area contributed by atoms with Crippen LogP contribution in [0.4, 0.5) is 5.69 Å². The molecule has 1 amide bonds. The molecule has 0 fully saturated rings. The smallest absolute Gasteiger partial charge is 0.270 e. The fourth-order valence-electron chi connectivity index (χ4n) is 2.03. The average molecular weight is 283 g/mol. The Bertz CT molecular complexity index is 579. The van der Waals surface area contributed by atoms with E-state index in [1.807, 2.05) is 45.2 Å². The van der Waals surface area contributed by atoms with E-state index in [-0.39, 0.29) is 11.9 Å². The second-order valence-corrected chi connectivity index (χ2v) is 5.37. The van der Waals surface area contributed by atoms with Gasteiger partial charge in [0, 0.05) is 19.6 Å². The summed E-state index contributed by atoms with van der Waals surface area (Å²) in [5, 5.41) is 2.83. The summed E-state index contributed by atoms with van der Waals surface area (Å²) in [6.07, 6.45) is 1.73. The molecule has 0 saturated carbocycles. The first-order valence-electron chi connectivity index (χ1n) is 7.08. The maximum Gasteiger partial charge on any atom is 0.270 e. The van der Waals surface area contributed by atoms with Gasteiger partial charge in [0.05, 0.1) is 11.9 Å². The van der Waals surface area contributed by atoms with Gasteiger partial charge in [-0.05, 0) is 31.5 Å². The van der Waals surface area contributed by atoms with E-state index in [0.29, 0.717) is 5.69 Å². The Morgan fingerprint density at radius 3 is 2.48 bits per heavy atom. The van der Waals surface area contributed by atoms with E-state index >= 15 is 0 Å². The van der Waals surface area contributed by atoms with Crippen molar-refractivity contribution < 1.29 is 4.79 Å². The molecule has 110 valence electrons. The fourth-order valence-corrected chi connectivity index (χ4v) is 2.03. The predicted molar refractivity (Wildman–Crippen MR) is 85.4 cm³/mol. The lowest BCUT2D eigenvalue weighted by Gasteiger charge is -2.19. The summed E-state index contributed by atoms with van der Waals surface area (Å²) in [6.45, 7) is 4.67. The summed E-state index contributed by atoms with van der Waals surface area (Å²) >= 11 is 0. The molecule has 21 heavy (non-hydrogen) atoms. The van der Waals surface area contributed by atoms with Gasteiger partial charge in [-0.1, -0.05) is 30.3 Å². The van der Waals surface area contributed by atoms with Gasteiger partial charge in [0.1, 0.15) is 5.69 Å². The first-order chi connectivity index (χ1) is 10.1. The average Bonchev–Trinajstić information content (AvgIpc) is 2.47. The monoisotopic (exact) mass is 283 g/mol. The van der Waals surface area contributed by atoms with Gasteiger partial charge in [-0.3, -0.25) is 4.79 Å². The van der Waals surface area contributed by atoms with Crippen LogP contribution >= 0.6 is 0 Å². The molecule has 2 aromatic rings. The van der Waals surface area contributed by atoms with E-state index in [2.05, 4.69) is 27.3 Å². The molecular weight excluding hydrogens is 262 g/mol. The molecule has 1 aromatic carbocycles. The van der Waals surface area contributed by atoms with Gasteiger partial charge in [-0.25, -0.2) is 4.98 Å². The van der Waals surface area contributed by atoms with Crippen molar-refractivity contribution in [3.63, 3.8) is 0 Å². The Morgan fingerprint density at radius 1 is 1.19 bits per heavy atom. The number of hydrogen-bond acceptors (Lipinski definition) is 3. The van der Waals surface area contributed by atoms with Crippen LogP contribution in [0.5, 0.6) is 0 Å². The molecule has 0 aliphatic carbocycles. The van der Waals surface area contributed by atoms with Crippen LogP contribution in [0, 0.1) is 0 Å². The topological polar surface area (TPSA) is 45.2 Å². The van der Waals surface area contributed by atoms with Crippen LogP contribution in [0.3, 0.4) is 0 Å². The summed E-state index contributed by atoms with van der Waals surface area (Å²) in [5.74, 6) is -0.137. The van der Waals surface area contributed by atoms with Gasteiger partial charge >= 0.3 is 0 Å². The number of nitrogens with zero attached hydrogens (tertiary/aromatic N) is 2. The normalized spacial score (nSPS) is 10.5. The highest BCUT2D eigenvalue weighted by atomic mass is 16.1. The highest BCUT2D eigenvalue weighted by Crippen LogP contribution is 2.14. The summed E-state index contributed by atoms with van der Waals surface area (Å²) < 4.78 is 0. The number of nitrogens with one attached hydrogen (secondary N) is 1. The summed E-state index contributed by atoms with van der Waals surface area (Å²) in [6, 6.07) is 14.0. The summed E-state index contributed by atoms with van der Waals surface area (Å²) in [7, 11) is 2.01. The van der Waals surface area contributed by atoms with Gasteiger partial charge < -0.3 is 10.2 Å². The molecule has 4 heteroatoms. The molecule has 0 spiro atoms. The molecular formula is C17H21N3O. The first kappa shape index (κ1) is 15.0. The fraction of sp³-hybridized carbons (Fsp3) is 0.294. The number of benzene rings is 1. The van der Waals surface area contributed by atoms with E-state index in [0.717, 1.165) is 12.2 Å². The quantitative estimate of drug-likeness (QED) is 0.917. The predicted octanol–water partition coefficient (Wildman–Crippen LogP) is 2.86. The molecule has 2 rings (SSSR count). The number of amides is 1. The van der Waals surface area contributed by atoms with E-state index in [1.165, 1.54) is 5.56 Å². The maximum atomic E-state index is 11.8. The molecule has 0 atom stereocenters. The van der Waals surface area contributed by atoms with Crippen LogP contribution in [0.2, 0.25) is 0 Å². The van der Waals surface area contributed by atoms with Gasteiger partial charge in [-0.2, -0.15) is 0 Å². The number of aromatic nitrogens is 1. The lowest BCUT2D eigenvalue weighted by atomic mass is 10.2. The maximum absolute atomic E-state index is 11.8. The Balaban J connectivity index is 2.03. The highest BCUT2D eigenvalue weighted by Gasteiger charge is 2.09. The van der Waals surface area contributed by atoms with Crippen molar-refractivity contribution in [3.05, 3.63) is 59.9 Å². The van der Waals surface area contributed by atoms with Crippen molar-refractivity contribution in [2.45, 2.75) is 26.4 Å². The molecule has 0 bridgehead atoms.